The van der Waals surface area contributed by atoms with E-state index in [0.717, 1.165) is 5.56 Å². The lowest BCUT2D eigenvalue weighted by Gasteiger charge is -2.17. The molecule has 4 atom stereocenters. The van der Waals surface area contributed by atoms with Crippen molar-refractivity contribution >= 4 is 0 Å². The van der Waals surface area contributed by atoms with Crippen molar-refractivity contribution in [2.75, 3.05) is 6.61 Å². The predicted octanol–water partition coefficient (Wildman–Crippen LogP) is -0.482. The number of hydrogen-bond donors (Lipinski definition) is 4. The zero-order chi connectivity index (χ0) is 13.3. The van der Waals surface area contributed by atoms with Crippen LogP contribution in [0.2, 0.25) is 0 Å². The van der Waals surface area contributed by atoms with Crippen LogP contribution in [0.1, 0.15) is 5.56 Å². The van der Waals surface area contributed by atoms with Crippen LogP contribution < -0.4 is 4.74 Å². The van der Waals surface area contributed by atoms with Gasteiger partial charge in [-0.05, 0) is 24.6 Å². The van der Waals surface area contributed by atoms with Crippen LogP contribution in [0.25, 0.3) is 0 Å². The van der Waals surface area contributed by atoms with Crippen LogP contribution in [0.15, 0.2) is 18.2 Å². The zero-order valence-electron chi connectivity index (χ0n) is 9.85. The highest BCUT2D eigenvalue weighted by molar-refractivity contribution is 5.41. The number of benzene rings is 1. The molecule has 2 rings (SSSR count). The van der Waals surface area contributed by atoms with Gasteiger partial charge in [0, 0.05) is 0 Å². The summed E-state index contributed by atoms with van der Waals surface area (Å²) < 4.78 is 10.4. The maximum atomic E-state index is 9.67. The Morgan fingerprint density at radius 1 is 1.28 bits per heavy atom. The topological polar surface area (TPSA) is 99.4 Å². The molecule has 0 radical (unpaired) electrons. The van der Waals surface area contributed by atoms with Crippen molar-refractivity contribution in [2.45, 2.75) is 31.5 Å². The SMILES string of the molecule is Cc1ccc(OC2OC(CO)C(O)C2O)c(O)c1. The number of aliphatic hydroxyl groups is 3. The lowest BCUT2D eigenvalue weighted by Crippen LogP contribution is -2.35. The van der Waals surface area contributed by atoms with Crippen LogP contribution >= 0.6 is 0 Å². The number of hydrogen-bond acceptors (Lipinski definition) is 6. The third-order valence-electron chi connectivity index (χ3n) is 2.86. The number of phenols is 1. The summed E-state index contributed by atoms with van der Waals surface area (Å²) in [5.74, 6) is 0.0724. The van der Waals surface area contributed by atoms with Crippen molar-refractivity contribution in [3.63, 3.8) is 0 Å². The van der Waals surface area contributed by atoms with Gasteiger partial charge in [-0.2, -0.15) is 0 Å². The van der Waals surface area contributed by atoms with Gasteiger partial charge in [-0.15, -0.1) is 0 Å². The maximum Gasteiger partial charge on any atom is 0.229 e. The molecule has 1 aromatic carbocycles. The molecule has 1 saturated heterocycles. The van der Waals surface area contributed by atoms with Crippen LogP contribution in [-0.2, 0) is 4.74 Å². The summed E-state index contributed by atoms with van der Waals surface area (Å²) in [5.41, 5.74) is 0.862. The average molecular weight is 256 g/mol. The molecule has 0 spiro atoms. The second kappa shape index (κ2) is 5.11. The quantitative estimate of drug-likeness (QED) is 0.583. The minimum absolute atomic E-state index is 0.0762. The summed E-state index contributed by atoms with van der Waals surface area (Å²) >= 11 is 0. The van der Waals surface area contributed by atoms with E-state index in [4.69, 9.17) is 14.6 Å². The molecule has 0 amide bonds. The Morgan fingerprint density at radius 2 is 2.00 bits per heavy atom. The molecule has 0 bridgehead atoms. The van der Waals surface area contributed by atoms with Gasteiger partial charge in [0.15, 0.2) is 11.5 Å². The van der Waals surface area contributed by atoms with Gasteiger partial charge in [0.1, 0.15) is 18.3 Å². The van der Waals surface area contributed by atoms with Crippen molar-refractivity contribution in [2.24, 2.45) is 0 Å². The average Bonchev–Trinajstić information content (AvgIpc) is 2.60. The molecule has 4 N–H and O–H groups in total. The molecular weight excluding hydrogens is 240 g/mol. The number of rotatable bonds is 3. The molecule has 0 aliphatic carbocycles. The first-order valence-electron chi connectivity index (χ1n) is 5.61. The fourth-order valence-corrected chi connectivity index (χ4v) is 1.81. The maximum absolute atomic E-state index is 9.67. The molecule has 4 unspecified atom stereocenters. The van der Waals surface area contributed by atoms with E-state index in [1.54, 1.807) is 12.1 Å². The summed E-state index contributed by atoms with van der Waals surface area (Å²) in [5, 5.41) is 37.8. The van der Waals surface area contributed by atoms with Gasteiger partial charge in [-0.25, -0.2) is 0 Å². The van der Waals surface area contributed by atoms with Gasteiger partial charge < -0.3 is 29.9 Å². The van der Waals surface area contributed by atoms with Crippen molar-refractivity contribution < 1.29 is 29.9 Å². The molecule has 6 heteroatoms. The molecule has 0 aromatic heterocycles. The highest BCUT2D eigenvalue weighted by atomic mass is 16.7. The first kappa shape index (κ1) is 13.1. The van der Waals surface area contributed by atoms with Crippen molar-refractivity contribution in [1.29, 1.82) is 0 Å². The van der Waals surface area contributed by atoms with Gasteiger partial charge in [-0.3, -0.25) is 0 Å². The van der Waals surface area contributed by atoms with E-state index in [9.17, 15) is 15.3 Å². The second-order valence-electron chi connectivity index (χ2n) is 4.30. The van der Waals surface area contributed by atoms with Gasteiger partial charge in [0.05, 0.1) is 6.61 Å². The lowest BCUT2D eigenvalue weighted by molar-refractivity contribution is -0.117. The molecule has 1 aliphatic rings. The fraction of sp³-hybridized carbons (Fsp3) is 0.500. The second-order valence-corrected chi connectivity index (χ2v) is 4.30. The Bertz CT molecular complexity index is 421. The summed E-state index contributed by atoms with van der Waals surface area (Å²) in [6, 6.07) is 4.78. The van der Waals surface area contributed by atoms with Crippen LogP contribution in [-0.4, -0.2) is 51.6 Å². The predicted molar refractivity (Wildman–Crippen MR) is 61.2 cm³/mol. The summed E-state index contributed by atoms with van der Waals surface area (Å²) in [4.78, 5) is 0. The van der Waals surface area contributed by atoms with E-state index in [1.807, 2.05) is 6.92 Å². The first-order valence-corrected chi connectivity index (χ1v) is 5.61. The van der Waals surface area contributed by atoms with E-state index in [0.29, 0.717) is 0 Å². The molecule has 6 nitrogen and oxygen atoms in total. The lowest BCUT2D eigenvalue weighted by atomic mass is 10.1. The molecule has 1 heterocycles. The van der Waals surface area contributed by atoms with Gasteiger partial charge in [-0.1, -0.05) is 6.07 Å². The van der Waals surface area contributed by atoms with Crippen LogP contribution in [0.5, 0.6) is 11.5 Å². The van der Waals surface area contributed by atoms with Crippen LogP contribution in [0.4, 0.5) is 0 Å². The van der Waals surface area contributed by atoms with E-state index in [2.05, 4.69) is 0 Å². The van der Waals surface area contributed by atoms with Crippen molar-refractivity contribution in [3.05, 3.63) is 23.8 Å². The minimum atomic E-state index is -1.28. The normalized spacial score (nSPS) is 31.6. The van der Waals surface area contributed by atoms with E-state index < -0.39 is 31.2 Å². The number of aliphatic hydroxyl groups excluding tert-OH is 3. The highest BCUT2D eigenvalue weighted by Crippen LogP contribution is 2.31. The molecule has 1 aromatic rings. The fourth-order valence-electron chi connectivity index (χ4n) is 1.81. The molecule has 0 saturated carbocycles. The molecule has 1 fully saturated rings. The minimum Gasteiger partial charge on any atom is -0.504 e. The van der Waals surface area contributed by atoms with Crippen LogP contribution in [0, 0.1) is 6.92 Å². The van der Waals surface area contributed by atoms with E-state index in [-0.39, 0.29) is 11.5 Å². The monoisotopic (exact) mass is 256 g/mol. The van der Waals surface area contributed by atoms with Crippen molar-refractivity contribution in [1.82, 2.24) is 0 Å². The van der Waals surface area contributed by atoms with Gasteiger partial charge >= 0.3 is 0 Å². The van der Waals surface area contributed by atoms with Crippen molar-refractivity contribution in [3.8, 4) is 11.5 Å². The molecule has 18 heavy (non-hydrogen) atoms. The van der Waals surface area contributed by atoms with Gasteiger partial charge in [0.2, 0.25) is 6.29 Å². The Labute approximate surface area is 104 Å². The molecule has 1 aliphatic heterocycles. The Hall–Kier alpha value is -1.34. The standard InChI is InChI=1S/C12H16O6/c1-6-2-3-8(7(14)4-6)17-12-11(16)10(15)9(5-13)18-12/h2-4,9-16H,5H2,1H3. The smallest absolute Gasteiger partial charge is 0.229 e. The summed E-state index contributed by atoms with van der Waals surface area (Å²) in [6.07, 6.45) is -4.50. The Kier molecular flexibility index (Phi) is 3.72. The Balaban J connectivity index is 2.10. The highest BCUT2D eigenvalue weighted by Gasteiger charge is 2.44. The molecule has 100 valence electrons. The summed E-state index contributed by atoms with van der Waals surface area (Å²) in [7, 11) is 0. The third kappa shape index (κ3) is 2.41. The largest absolute Gasteiger partial charge is 0.504 e. The molecular formula is C12H16O6. The number of aromatic hydroxyl groups is 1. The number of phenolic OH excluding ortho intramolecular Hbond substituents is 1. The zero-order valence-corrected chi connectivity index (χ0v) is 9.85. The van der Waals surface area contributed by atoms with Crippen LogP contribution in [0.3, 0.4) is 0 Å². The summed E-state index contributed by atoms with van der Waals surface area (Å²) in [6.45, 7) is 1.40. The Morgan fingerprint density at radius 3 is 2.56 bits per heavy atom. The first-order chi connectivity index (χ1) is 8.52. The third-order valence-corrected chi connectivity index (χ3v) is 2.86. The van der Waals surface area contributed by atoms with Gasteiger partial charge in [0.25, 0.3) is 0 Å². The van der Waals surface area contributed by atoms with E-state index >= 15 is 0 Å². The van der Waals surface area contributed by atoms with E-state index in [1.165, 1.54) is 6.07 Å². The number of ether oxygens (including phenoxy) is 2. The number of aryl methyl sites for hydroxylation is 1.